The van der Waals surface area contributed by atoms with E-state index >= 15 is 0 Å². The largest absolute Gasteiger partial charge is 0.339 e. The van der Waals surface area contributed by atoms with Gasteiger partial charge in [0.05, 0.1) is 17.1 Å². The van der Waals surface area contributed by atoms with Crippen molar-refractivity contribution >= 4 is 5.95 Å². The predicted molar refractivity (Wildman–Crippen MR) is 105 cm³/mol. The molecular weight excluding hydrogens is 338 g/mol. The smallest absolute Gasteiger partial charge is 0.225 e. The predicted octanol–water partition coefficient (Wildman–Crippen LogP) is 3.01. The molecule has 136 valence electrons. The number of rotatable bonds is 5. The fraction of sp³-hybridized carbons (Fsp3) is 0.200. The quantitative estimate of drug-likeness (QED) is 0.548. The molecule has 0 aliphatic rings. The molecule has 0 radical (unpaired) electrons. The highest BCUT2D eigenvalue weighted by atomic mass is 15.3. The lowest BCUT2D eigenvalue weighted by Gasteiger charge is -2.19. The Morgan fingerprint density at radius 2 is 1.93 bits per heavy atom. The van der Waals surface area contributed by atoms with E-state index in [1.54, 1.807) is 17.1 Å². The van der Waals surface area contributed by atoms with Crippen LogP contribution in [0, 0.1) is 6.92 Å². The van der Waals surface area contributed by atoms with Crippen LogP contribution in [0.25, 0.3) is 16.9 Å². The summed E-state index contributed by atoms with van der Waals surface area (Å²) < 4.78 is 3.68. The minimum absolute atomic E-state index is 0.672. The zero-order chi connectivity index (χ0) is 18.8. The zero-order valence-electron chi connectivity index (χ0n) is 15.6. The van der Waals surface area contributed by atoms with Crippen molar-refractivity contribution in [2.75, 3.05) is 11.9 Å². The molecular formula is C20H21N7. The van der Waals surface area contributed by atoms with Crippen LogP contribution in [0.15, 0.2) is 61.2 Å². The van der Waals surface area contributed by atoms with E-state index in [0.29, 0.717) is 12.5 Å². The van der Waals surface area contributed by atoms with Gasteiger partial charge in [-0.25, -0.2) is 14.6 Å². The molecule has 1 aromatic carbocycles. The average Bonchev–Trinajstić information content (AvgIpc) is 3.32. The van der Waals surface area contributed by atoms with Crippen molar-refractivity contribution in [1.82, 2.24) is 29.5 Å². The molecule has 7 heteroatoms. The van der Waals surface area contributed by atoms with Crippen molar-refractivity contribution in [2.24, 2.45) is 7.05 Å². The Hall–Kier alpha value is -3.48. The van der Waals surface area contributed by atoms with Gasteiger partial charge in [0.1, 0.15) is 0 Å². The lowest BCUT2D eigenvalue weighted by atomic mass is 10.1. The molecule has 27 heavy (non-hydrogen) atoms. The first kappa shape index (κ1) is 17.0. The highest BCUT2D eigenvalue weighted by Gasteiger charge is 2.13. The third kappa shape index (κ3) is 3.44. The first-order chi connectivity index (χ1) is 13.1. The molecule has 0 saturated heterocycles. The molecule has 0 atom stereocenters. The van der Waals surface area contributed by atoms with E-state index in [-0.39, 0.29) is 0 Å². The van der Waals surface area contributed by atoms with Gasteiger partial charge in [-0.3, -0.25) is 4.68 Å². The number of para-hydroxylation sites is 1. The van der Waals surface area contributed by atoms with Gasteiger partial charge in [0, 0.05) is 51.0 Å². The minimum Gasteiger partial charge on any atom is -0.339 e. The van der Waals surface area contributed by atoms with Crippen LogP contribution in [-0.4, -0.2) is 36.6 Å². The maximum atomic E-state index is 4.74. The Bertz CT molecular complexity index is 1050. The second-order valence-electron chi connectivity index (χ2n) is 6.48. The fourth-order valence-electron chi connectivity index (χ4n) is 3.14. The molecule has 0 amide bonds. The van der Waals surface area contributed by atoms with E-state index in [2.05, 4.69) is 27.3 Å². The van der Waals surface area contributed by atoms with Crippen molar-refractivity contribution < 1.29 is 0 Å². The Morgan fingerprint density at radius 1 is 1.07 bits per heavy atom. The minimum atomic E-state index is 0.672. The molecule has 0 N–H and O–H groups in total. The average molecular weight is 359 g/mol. The van der Waals surface area contributed by atoms with Crippen LogP contribution in [0.1, 0.15) is 11.3 Å². The molecule has 3 aromatic heterocycles. The van der Waals surface area contributed by atoms with Gasteiger partial charge >= 0.3 is 0 Å². The summed E-state index contributed by atoms with van der Waals surface area (Å²) in [4.78, 5) is 11.2. The first-order valence-corrected chi connectivity index (χ1v) is 8.74. The highest BCUT2D eigenvalue weighted by Crippen LogP contribution is 2.23. The second-order valence-corrected chi connectivity index (χ2v) is 6.48. The van der Waals surface area contributed by atoms with Crippen LogP contribution in [-0.2, 0) is 13.6 Å². The monoisotopic (exact) mass is 359 g/mol. The van der Waals surface area contributed by atoms with Crippen LogP contribution < -0.4 is 4.90 Å². The van der Waals surface area contributed by atoms with Gasteiger partial charge in [-0.05, 0) is 30.7 Å². The highest BCUT2D eigenvalue weighted by molar-refractivity contribution is 5.61. The normalized spacial score (nSPS) is 10.9. The summed E-state index contributed by atoms with van der Waals surface area (Å²) in [7, 11) is 3.91. The molecule has 0 saturated carbocycles. The summed E-state index contributed by atoms with van der Waals surface area (Å²) in [6.07, 6.45) is 7.50. The summed E-state index contributed by atoms with van der Waals surface area (Å²) in [6, 6.07) is 12.0. The summed E-state index contributed by atoms with van der Waals surface area (Å²) >= 11 is 0. The molecule has 4 rings (SSSR count). The van der Waals surface area contributed by atoms with Gasteiger partial charge in [0.2, 0.25) is 5.95 Å². The summed E-state index contributed by atoms with van der Waals surface area (Å²) in [5, 5.41) is 8.75. The number of aryl methyl sites for hydroxylation is 2. The van der Waals surface area contributed by atoms with Gasteiger partial charge in [0.15, 0.2) is 0 Å². The third-order valence-corrected chi connectivity index (χ3v) is 4.42. The molecule has 7 nitrogen and oxygen atoms in total. The Balaban J connectivity index is 1.62. The molecule has 0 aliphatic heterocycles. The Kier molecular flexibility index (Phi) is 4.42. The Labute approximate surface area is 157 Å². The van der Waals surface area contributed by atoms with E-state index in [1.165, 1.54) is 0 Å². The van der Waals surface area contributed by atoms with Crippen molar-refractivity contribution in [3.63, 3.8) is 0 Å². The van der Waals surface area contributed by atoms with Gasteiger partial charge in [-0.1, -0.05) is 18.2 Å². The zero-order valence-corrected chi connectivity index (χ0v) is 15.6. The van der Waals surface area contributed by atoms with E-state index in [9.17, 15) is 0 Å². The SMILES string of the molecule is Cc1nn(C)cc1-c1ccnc(N(C)Cc2ccccc2-n2cccn2)n1. The van der Waals surface area contributed by atoms with E-state index in [4.69, 9.17) is 4.98 Å². The number of nitrogens with zero attached hydrogens (tertiary/aromatic N) is 7. The topological polar surface area (TPSA) is 64.7 Å². The van der Waals surface area contributed by atoms with Crippen LogP contribution in [0.4, 0.5) is 5.95 Å². The van der Waals surface area contributed by atoms with E-state index in [1.807, 2.05) is 67.3 Å². The van der Waals surface area contributed by atoms with Gasteiger partial charge in [0.25, 0.3) is 0 Å². The van der Waals surface area contributed by atoms with Crippen LogP contribution in [0.2, 0.25) is 0 Å². The molecule has 0 fully saturated rings. The summed E-state index contributed by atoms with van der Waals surface area (Å²) in [5.74, 6) is 0.672. The Morgan fingerprint density at radius 3 is 2.67 bits per heavy atom. The van der Waals surface area contributed by atoms with Gasteiger partial charge < -0.3 is 4.90 Å². The van der Waals surface area contributed by atoms with Crippen LogP contribution in [0.3, 0.4) is 0 Å². The molecule has 0 unspecified atom stereocenters. The third-order valence-electron chi connectivity index (χ3n) is 4.42. The first-order valence-electron chi connectivity index (χ1n) is 8.74. The lowest BCUT2D eigenvalue weighted by Crippen LogP contribution is -2.20. The second kappa shape index (κ2) is 7.03. The van der Waals surface area contributed by atoms with E-state index < -0.39 is 0 Å². The van der Waals surface area contributed by atoms with Crippen molar-refractivity contribution in [2.45, 2.75) is 13.5 Å². The lowest BCUT2D eigenvalue weighted by molar-refractivity contribution is 0.756. The van der Waals surface area contributed by atoms with Crippen LogP contribution in [0.5, 0.6) is 0 Å². The maximum Gasteiger partial charge on any atom is 0.225 e. The van der Waals surface area contributed by atoms with Crippen molar-refractivity contribution in [3.8, 4) is 16.9 Å². The molecule has 4 aromatic rings. The number of anilines is 1. The number of hydrogen-bond donors (Lipinski definition) is 0. The van der Waals surface area contributed by atoms with Crippen molar-refractivity contribution in [1.29, 1.82) is 0 Å². The number of hydrogen-bond acceptors (Lipinski definition) is 5. The van der Waals surface area contributed by atoms with E-state index in [0.717, 1.165) is 28.2 Å². The van der Waals surface area contributed by atoms with Gasteiger partial charge in [-0.15, -0.1) is 0 Å². The molecule has 3 heterocycles. The molecule has 0 aliphatic carbocycles. The standard InChI is InChI=1S/C20H21N7/c1-15-17(14-26(3)24-15)18-9-11-21-20(23-18)25(2)13-16-7-4-5-8-19(16)27-12-6-10-22-27/h4-12,14H,13H2,1-3H3. The summed E-state index contributed by atoms with van der Waals surface area (Å²) in [6.45, 7) is 2.66. The number of benzene rings is 1. The molecule has 0 spiro atoms. The maximum absolute atomic E-state index is 4.74. The van der Waals surface area contributed by atoms with Crippen molar-refractivity contribution in [3.05, 3.63) is 72.4 Å². The fourth-order valence-corrected chi connectivity index (χ4v) is 3.14. The number of aromatic nitrogens is 6. The summed E-state index contributed by atoms with van der Waals surface area (Å²) in [5.41, 5.74) is 5.04. The van der Waals surface area contributed by atoms with Crippen LogP contribution >= 0.6 is 0 Å². The molecule has 0 bridgehead atoms. The van der Waals surface area contributed by atoms with Gasteiger partial charge in [-0.2, -0.15) is 10.2 Å².